The summed E-state index contributed by atoms with van der Waals surface area (Å²) in [5, 5.41) is 0. The number of carbonyl (C=O) groups is 1. The van der Waals surface area contributed by atoms with E-state index < -0.39 is 0 Å². The van der Waals surface area contributed by atoms with E-state index in [1.54, 1.807) is 11.8 Å². The SMILES string of the molecule is NC1CCC2CN(C(=O)CSCC3CCCCO3)CC12. The second-order valence-electron chi connectivity index (χ2n) is 6.47. The molecule has 1 amide bonds. The Morgan fingerprint density at radius 1 is 1.25 bits per heavy atom. The van der Waals surface area contributed by atoms with Crippen LogP contribution in [0.3, 0.4) is 0 Å². The first-order valence-corrected chi connectivity index (χ1v) is 9.12. The van der Waals surface area contributed by atoms with Crippen LogP contribution in [0, 0.1) is 11.8 Å². The summed E-state index contributed by atoms with van der Waals surface area (Å²) in [5.74, 6) is 3.10. The maximum atomic E-state index is 12.2. The Labute approximate surface area is 125 Å². The van der Waals surface area contributed by atoms with E-state index in [-0.39, 0.29) is 0 Å². The van der Waals surface area contributed by atoms with Gasteiger partial charge >= 0.3 is 0 Å². The summed E-state index contributed by atoms with van der Waals surface area (Å²) < 4.78 is 5.70. The highest BCUT2D eigenvalue weighted by Crippen LogP contribution is 2.37. The quantitative estimate of drug-likeness (QED) is 0.854. The third kappa shape index (κ3) is 3.31. The lowest BCUT2D eigenvalue weighted by molar-refractivity contribution is -0.127. The summed E-state index contributed by atoms with van der Waals surface area (Å²) >= 11 is 1.74. The molecule has 2 saturated heterocycles. The maximum Gasteiger partial charge on any atom is 0.232 e. The highest BCUT2D eigenvalue weighted by atomic mass is 32.2. The number of likely N-dealkylation sites (tertiary alicyclic amines) is 1. The summed E-state index contributed by atoms with van der Waals surface area (Å²) in [4.78, 5) is 14.3. The molecule has 0 aromatic heterocycles. The Hall–Kier alpha value is -0.260. The van der Waals surface area contributed by atoms with Crippen LogP contribution in [0.5, 0.6) is 0 Å². The number of carbonyl (C=O) groups excluding carboxylic acids is 1. The topological polar surface area (TPSA) is 55.6 Å². The average Bonchev–Trinajstić information content (AvgIpc) is 3.03. The second kappa shape index (κ2) is 6.67. The van der Waals surface area contributed by atoms with Gasteiger partial charge in [-0.25, -0.2) is 0 Å². The smallest absolute Gasteiger partial charge is 0.232 e. The van der Waals surface area contributed by atoms with Crippen molar-refractivity contribution in [3.05, 3.63) is 0 Å². The monoisotopic (exact) mass is 298 g/mol. The second-order valence-corrected chi connectivity index (χ2v) is 7.50. The number of amides is 1. The van der Waals surface area contributed by atoms with Crippen LogP contribution in [0.4, 0.5) is 0 Å². The molecule has 0 aromatic carbocycles. The van der Waals surface area contributed by atoms with Gasteiger partial charge in [-0.1, -0.05) is 0 Å². The highest BCUT2D eigenvalue weighted by Gasteiger charge is 2.42. The Morgan fingerprint density at radius 3 is 2.90 bits per heavy atom. The fraction of sp³-hybridized carbons (Fsp3) is 0.933. The van der Waals surface area contributed by atoms with Crippen molar-refractivity contribution in [2.45, 2.75) is 44.2 Å². The van der Waals surface area contributed by atoms with Crippen LogP contribution < -0.4 is 5.73 Å². The lowest BCUT2D eigenvalue weighted by atomic mass is 9.98. The van der Waals surface area contributed by atoms with Gasteiger partial charge in [-0.2, -0.15) is 0 Å². The molecule has 2 N–H and O–H groups in total. The van der Waals surface area contributed by atoms with Crippen molar-refractivity contribution in [3.8, 4) is 0 Å². The Morgan fingerprint density at radius 2 is 2.15 bits per heavy atom. The number of hydrogen-bond acceptors (Lipinski definition) is 4. The van der Waals surface area contributed by atoms with E-state index in [4.69, 9.17) is 10.5 Å². The van der Waals surface area contributed by atoms with Gasteiger partial charge in [0.15, 0.2) is 0 Å². The van der Waals surface area contributed by atoms with Crippen molar-refractivity contribution in [1.29, 1.82) is 0 Å². The molecule has 1 aliphatic carbocycles. The van der Waals surface area contributed by atoms with Crippen LogP contribution in [-0.4, -0.2) is 54.2 Å². The minimum atomic E-state index is 0.299. The summed E-state index contributed by atoms with van der Waals surface area (Å²) in [6.07, 6.45) is 6.34. The van der Waals surface area contributed by atoms with Crippen LogP contribution in [0.2, 0.25) is 0 Å². The molecule has 4 nitrogen and oxygen atoms in total. The zero-order valence-electron chi connectivity index (χ0n) is 12.1. The predicted molar refractivity (Wildman–Crippen MR) is 81.7 cm³/mol. The van der Waals surface area contributed by atoms with Gasteiger partial charge in [0.05, 0.1) is 11.9 Å². The molecule has 3 aliphatic rings. The molecule has 0 bridgehead atoms. The standard InChI is InChI=1S/C15H26N2O2S/c16-14-5-4-11-7-17(8-13(11)14)15(18)10-20-9-12-3-1-2-6-19-12/h11-14H,1-10,16H2. The van der Waals surface area contributed by atoms with E-state index in [0.29, 0.717) is 35.6 Å². The fourth-order valence-electron chi connectivity index (χ4n) is 3.82. The number of thioether (sulfide) groups is 1. The van der Waals surface area contributed by atoms with Gasteiger partial charge in [0.1, 0.15) is 0 Å². The molecule has 4 atom stereocenters. The first-order chi connectivity index (χ1) is 9.74. The first-order valence-electron chi connectivity index (χ1n) is 7.96. The fourth-order valence-corrected chi connectivity index (χ4v) is 4.82. The summed E-state index contributed by atoms with van der Waals surface area (Å²) in [5.41, 5.74) is 6.12. The third-order valence-electron chi connectivity index (χ3n) is 5.07. The number of rotatable bonds is 4. The van der Waals surface area contributed by atoms with E-state index >= 15 is 0 Å². The molecule has 3 fully saturated rings. The van der Waals surface area contributed by atoms with Gasteiger partial charge in [-0.3, -0.25) is 4.79 Å². The molecule has 0 radical (unpaired) electrons. The summed E-state index contributed by atoms with van der Waals surface area (Å²) in [7, 11) is 0. The molecule has 4 unspecified atom stereocenters. The van der Waals surface area contributed by atoms with Crippen molar-refractivity contribution in [2.75, 3.05) is 31.2 Å². The number of fused-ring (bicyclic) bond motifs is 1. The van der Waals surface area contributed by atoms with Crippen molar-refractivity contribution in [3.63, 3.8) is 0 Å². The van der Waals surface area contributed by atoms with Gasteiger partial charge in [0.25, 0.3) is 0 Å². The molecular weight excluding hydrogens is 272 g/mol. The molecule has 0 aromatic rings. The minimum absolute atomic E-state index is 0.299. The summed E-state index contributed by atoms with van der Waals surface area (Å²) in [6.45, 7) is 2.73. The van der Waals surface area contributed by atoms with Gasteiger partial charge in [-0.05, 0) is 43.9 Å². The summed E-state index contributed by atoms with van der Waals surface area (Å²) in [6, 6.07) is 0.320. The molecule has 2 heterocycles. The van der Waals surface area contributed by atoms with E-state index in [1.165, 1.54) is 19.3 Å². The van der Waals surface area contributed by atoms with Crippen molar-refractivity contribution in [1.82, 2.24) is 4.90 Å². The van der Waals surface area contributed by atoms with E-state index in [2.05, 4.69) is 0 Å². The van der Waals surface area contributed by atoms with Crippen LogP contribution in [0.25, 0.3) is 0 Å². The number of ether oxygens (including phenoxy) is 1. The first kappa shape index (κ1) is 14.7. The van der Waals surface area contributed by atoms with Crippen LogP contribution in [-0.2, 0) is 9.53 Å². The van der Waals surface area contributed by atoms with Crippen molar-refractivity contribution < 1.29 is 9.53 Å². The van der Waals surface area contributed by atoms with E-state index in [0.717, 1.165) is 38.3 Å². The Balaban J connectivity index is 1.37. The zero-order chi connectivity index (χ0) is 13.9. The molecule has 114 valence electrons. The van der Waals surface area contributed by atoms with Gasteiger partial charge in [-0.15, -0.1) is 11.8 Å². The lowest BCUT2D eigenvalue weighted by Gasteiger charge is -2.23. The van der Waals surface area contributed by atoms with Crippen LogP contribution >= 0.6 is 11.8 Å². The largest absolute Gasteiger partial charge is 0.377 e. The molecule has 5 heteroatoms. The number of nitrogens with two attached hydrogens (primary N) is 1. The molecule has 1 saturated carbocycles. The number of hydrogen-bond donors (Lipinski definition) is 1. The predicted octanol–water partition coefficient (Wildman–Crippen LogP) is 1.48. The van der Waals surface area contributed by atoms with E-state index in [9.17, 15) is 4.79 Å². The minimum Gasteiger partial charge on any atom is -0.377 e. The molecule has 20 heavy (non-hydrogen) atoms. The molecule has 3 rings (SSSR count). The Bertz CT molecular complexity index is 347. The van der Waals surface area contributed by atoms with Crippen molar-refractivity contribution >= 4 is 17.7 Å². The molecule has 0 spiro atoms. The zero-order valence-corrected chi connectivity index (χ0v) is 12.9. The van der Waals surface area contributed by atoms with Crippen molar-refractivity contribution in [2.24, 2.45) is 17.6 Å². The maximum absolute atomic E-state index is 12.2. The Kier molecular flexibility index (Phi) is 4.89. The normalized spacial score (nSPS) is 37.1. The van der Waals surface area contributed by atoms with Gasteiger partial charge in [0.2, 0.25) is 5.91 Å². The third-order valence-corrected chi connectivity index (χ3v) is 6.13. The van der Waals surface area contributed by atoms with Gasteiger partial charge < -0.3 is 15.4 Å². The lowest BCUT2D eigenvalue weighted by Crippen LogP contribution is -2.34. The number of nitrogens with zero attached hydrogens (tertiary/aromatic N) is 1. The van der Waals surface area contributed by atoms with E-state index in [1.807, 2.05) is 4.90 Å². The molecule has 2 aliphatic heterocycles. The van der Waals surface area contributed by atoms with Crippen LogP contribution in [0.1, 0.15) is 32.1 Å². The van der Waals surface area contributed by atoms with Crippen LogP contribution in [0.15, 0.2) is 0 Å². The molecular formula is C15H26N2O2S. The average molecular weight is 298 g/mol. The van der Waals surface area contributed by atoms with Gasteiger partial charge in [0, 0.05) is 31.5 Å². The highest BCUT2D eigenvalue weighted by molar-refractivity contribution is 7.99.